The summed E-state index contributed by atoms with van der Waals surface area (Å²) in [6, 6.07) is 8.50. The molecular weight excluding hydrogens is 330 g/mol. The Morgan fingerprint density at radius 3 is 2.92 bits per heavy atom. The Morgan fingerprint density at radius 1 is 1.38 bits per heavy atom. The van der Waals surface area contributed by atoms with E-state index in [2.05, 4.69) is 40.2 Å². The van der Waals surface area contributed by atoms with E-state index in [0.29, 0.717) is 0 Å². The van der Waals surface area contributed by atoms with Crippen molar-refractivity contribution >= 4 is 22.6 Å². The number of aliphatic carboxylic acids is 1. The van der Waals surface area contributed by atoms with E-state index in [1.807, 2.05) is 6.07 Å². The fraction of sp³-hybridized carbons (Fsp3) is 0.500. The predicted octanol–water partition coefficient (Wildman–Crippen LogP) is 3.56. The Bertz CT molecular complexity index is 872. The molecule has 0 saturated carbocycles. The highest BCUT2D eigenvalue weighted by Gasteiger charge is 2.48. The number of carbonyl (C=O) groups is 1. The first-order valence-corrected chi connectivity index (χ1v) is 9.37. The molecule has 0 aliphatic carbocycles. The van der Waals surface area contributed by atoms with Gasteiger partial charge in [0.25, 0.3) is 0 Å². The van der Waals surface area contributed by atoms with Gasteiger partial charge in [-0.25, -0.2) is 4.79 Å². The van der Waals surface area contributed by atoms with E-state index in [1.165, 1.54) is 16.6 Å². The topological polar surface area (TPSA) is 88.9 Å². The summed E-state index contributed by atoms with van der Waals surface area (Å²) >= 11 is 0. The summed E-state index contributed by atoms with van der Waals surface area (Å²) in [6.07, 6.45) is 4.11. The monoisotopic (exact) mass is 355 g/mol. The molecule has 0 bridgehead atoms. The van der Waals surface area contributed by atoms with Gasteiger partial charge in [0.2, 0.25) is 0 Å². The van der Waals surface area contributed by atoms with Gasteiger partial charge in [-0.05, 0) is 49.3 Å². The van der Waals surface area contributed by atoms with Crippen LogP contribution in [0.4, 0.5) is 0 Å². The number of para-hydroxylation sites is 1. The lowest BCUT2D eigenvalue weighted by molar-refractivity contribution is -0.130. The van der Waals surface area contributed by atoms with Crippen molar-refractivity contribution in [2.24, 2.45) is 10.6 Å². The standard InChI is InChI=1S/C20H25N3O3/c1-2-20(12-16(22-26)19(24)25)9-5-10-23-11-8-14-13-6-3-4-7-15(13)21-17(14)18(20)23/h3-4,6-7,18,21,26H,2,5,8-12H2,1H3,(H,24,25). The maximum Gasteiger partial charge on any atom is 0.353 e. The second-order valence-corrected chi connectivity index (χ2v) is 7.60. The zero-order valence-corrected chi connectivity index (χ0v) is 15.0. The summed E-state index contributed by atoms with van der Waals surface area (Å²) in [4.78, 5) is 17.6. The molecule has 1 aromatic heterocycles. The van der Waals surface area contributed by atoms with Crippen molar-refractivity contribution in [3.8, 4) is 0 Å². The van der Waals surface area contributed by atoms with Gasteiger partial charge in [-0.3, -0.25) is 4.90 Å². The van der Waals surface area contributed by atoms with Crippen molar-refractivity contribution in [2.45, 2.75) is 45.1 Å². The molecule has 6 nitrogen and oxygen atoms in total. The number of piperidine rings is 1. The van der Waals surface area contributed by atoms with Gasteiger partial charge in [0.15, 0.2) is 5.71 Å². The number of H-pyrrole nitrogens is 1. The molecule has 4 rings (SSSR count). The maximum absolute atomic E-state index is 11.5. The second kappa shape index (κ2) is 6.43. The van der Waals surface area contributed by atoms with Gasteiger partial charge >= 0.3 is 5.97 Å². The number of aromatic amines is 1. The molecule has 3 N–H and O–H groups in total. The highest BCUT2D eigenvalue weighted by Crippen LogP contribution is 2.53. The summed E-state index contributed by atoms with van der Waals surface area (Å²) in [5.74, 6) is -1.13. The van der Waals surface area contributed by atoms with Crippen molar-refractivity contribution < 1.29 is 15.1 Å². The van der Waals surface area contributed by atoms with Crippen molar-refractivity contribution in [1.29, 1.82) is 0 Å². The van der Waals surface area contributed by atoms with Gasteiger partial charge in [0.1, 0.15) is 0 Å². The summed E-state index contributed by atoms with van der Waals surface area (Å²) in [5, 5.41) is 23.0. The van der Waals surface area contributed by atoms with Crippen LogP contribution in [0.5, 0.6) is 0 Å². The zero-order valence-electron chi connectivity index (χ0n) is 15.0. The average Bonchev–Trinajstić information content (AvgIpc) is 3.04. The number of benzene rings is 1. The number of oxime groups is 1. The third-order valence-corrected chi connectivity index (χ3v) is 6.43. The summed E-state index contributed by atoms with van der Waals surface area (Å²) < 4.78 is 0. The number of hydrogen-bond acceptors (Lipinski definition) is 4. The van der Waals surface area contributed by atoms with E-state index < -0.39 is 5.97 Å². The molecule has 2 unspecified atom stereocenters. The fourth-order valence-corrected chi connectivity index (χ4v) is 5.16. The Labute approximate surface area is 152 Å². The van der Waals surface area contributed by atoms with E-state index in [0.717, 1.165) is 44.3 Å². The molecule has 26 heavy (non-hydrogen) atoms. The SMILES string of the molecule is CCC1(CC(=NO)C(=O)O)CCCN2CCc3c([nH]c4ccccc34)C21. The molecule has 138 valence electrons. The number of carboxylic acid groups (broad SMARTS) is 1. The average molecular weight is 355 g/mol. The molecule has 2 aliphatic rings. The van der Waals surface area contributed by atoms with E-state index in [1.54, 1.807) is 0 Å². The van der Waals surface area contributed by atoms with Crippen LogP contribution in [-0.4, -0.2) is 45.0 Å². The predicted molar refractivity (Wildman–Crippen MR) is 99.7 cm³/mol. The van der Waals surface area contributed by atoms with Crippen LogP contribution in [0.1, 0.15) is 49.9 Å². The van der Waals surface area contributed by atoms with Gasteiger partial charge in [-0.15, -0.1) is 0 Å². The van der Waals surface area contributed by atoms with E-state index in [-0.39, 0.29) is 23.6 Å². The Kier molecular flexibility index (Phi) is 4.23. The smallest absolute Gasteiger partial charge is 0.353 e. The van der Waals surface area contributed by atoms with Crippen molar-refractivity contribution in [3.63, 3.8) is 0 Å². The first-order chi connectivity index (χ1) is 12.6. The van der Waals surface area contributed by atoms with Crippen LogP contribution in [0.2, 0.25) is 0 Å². The Hall–Kier alpha value is -2.34. The molecule has 1 aromatic carbocycles. The molecule has 1 fully saturated rings. The molecule has 2 aromatic rings. The third-order valence-electron chi connectivity index (χ3n) is 6.43. The number of carboxylic acids is 1. The second-order valence-electron chi connectivity index (χ2n) is 7.60. The number of nitrogens with zero attached hydrogens (tertiary/aromatic N) is 2. The molecule has 2 atom stereocenters. The number of fused-ring (bicyclic) bond motifs is 5. The summed E-state index contributed by atoms with van der Waals surface area (Å²) in [7, 11) is 0. The molecule has 3 heterocycles. The van der Waals surface area contributed by atoms with Crippen molar-refractivity contribution in [3.05, 3.63) is 35.5 Å². The van der Waals surface area contributed by atoms with Crippen LogP contribution in [0.15, 0.2) is 29.4 Å². The highest BCUT2D eigenvalue weighted by molar-refractivity contribution is 6.35. The normalized spacial score (nSPS) is 26.5. The van der Waals surface area contributed by atoms with E-state index >= 15 is 0 Å². The maximum atomic E-state index is 11.5. The van der Waals surface area contributed by atoms with Crippen LogP contribution < -0.4 is 0 Å². The molecule has 0 radical (unpaired) electrons. The highest BCUT2D eigenvalue weighted by atomic mass is 16.4. The molecule has 0 amide bonds. The first-order valence-electron chi connectivity index (χ1n) is 9.37. The molecule has 0 spiro atoms. The minimum atomic E-state index is -1.13. The quantitative estimate of drug-likeness (QED) is 0.444. The number of rotatable bonds is 4. The van der Waals surface area contributed by atoms with Crippen LogP contribution in [-0.2, 0) is 11.2 Å². The van der Waals surface area contributed by atoms with Gasteiger partial charge in [0, 0.05) is 29.6 Å². The summed E-state index contributed by atoms with van der Waals surface area (Å²) in [6.45, 7) is 4.14. The Balaban J connectivity index is 1.84. The fourth-order valence-electron chi connectivity index (χ4n) is 5.16. The number of nitrogens with one attached hydrogen (secondary N) is 1. The van der Waals surface area contributed by atoms with Gasteiger partial charge in [-0.1, -0.05) is 30.3 Å². The third kappa shape index (κ3) is 2.51. The first kappa shape index (κ1) is 17.1. The van der Waals surface area contributed by atoms with Crippen LogP contribution in [0, 0.1) is 5.41 Å². The lowest BCUT2D eigenvalue weighted by Gasteiger charge is -2.52. The molecule has 1 saturated heterocycles. The van der Waals surface area contributed by atoms with Crippen LogP contribution in [0.25, 0.3) is 10.9 Å². The van der Waals surface area contributed by atoms with Gasteiger partial charge in [-0.2, -0.15) is 0 Å². The van der Waals surface area contributed by atoms with Crippen LogP contribution >= 0.6 is 0 Å². The van der Waals surface area contributed by atoms with Crippen LogP contribution in [0.3, 0.4) is 0 Å². The Morgan fingerprint density at radius 2 is 2.19 bits per heavy atom. The zero-order chi connectivity index (χ0) is 18.3. The minimum Gasteiger partial charge on any atom is -0.477 e. The van der Waals surface area contributed by atoms with Crippen molar-refractivity contribution in [2.75, 3.05) is 13.1 Å². The molecule has 2 aliphatic heterocycles. The van der Waals surface area contributed by atoms with Crippen molar-refractivity contribution in [1.82, 2.24) is 9.88 Å². The molecule has 6 heteroatoms. The lowest BCUT2D eigenvalue weighted by Crippen LogP contribution is -2.50. The van der Waals surface area contributed by atoms with E-state index in [9.17, 15) is 15.1 Å². The van der Waals surface area contributed by atoms with Gasteiger partial charge < -0.3 is 15.3 Å². The number of aromatic nitrogens is 1. The number of hydrogen-bond donors (Lipinski definition) is 3. The molecular formula is C20H25N3O3. The minimum absolute atomic E-state index is 0.133. The lowest BCUT2D eigenvalue weighted by atomic mass is 9.65. The summed E-state index contributed by atoms with van der Waals surface area (Å²) in [5.41, 5.74) is 3.34. The van der Waals surface area contributed by atoms with E-state index in [4.69, 9.17) is 0 Å². The largest absolute Gasteiger partial charge is 0.477 e. The van der Waals surface area contributed by atoms with Gasteiger partial charge in [0.05, 0.1) is 6.04 Å².